The van der Waals surface area contributed by atoms with Gasteiger partial charge in [0, 0.05) is 25.2 Å². The SMILES string of the molecule is Cc1cc(F)cc(C(=O)N2CCOC(CN(C)CC(=O)O)C2)c1. The highest BCUT2D eigenvalue weighted by Crippen LogP contribution is 2.14. The summed E-state index contributed by atoms with van der Waals surface area (Å²) < 4.78 is 19.1. The summed E-state index contributed by atoms with van der Waals surface area (Å²) in [4.78, 5) is 26.5. The maximum Gasteiger partial charge on any atom is 0.317 e. The second kappa shape index (κ2) is 7.52. The number of nitrogens with zero attached hydrogens (tertiary/aromatic N) is 2. The molecule has 126 valence electrons. The number of carboxylic acid groups (broad SMARTS) is 1. The van der Waals surface area contributed by atoms with Crippen LogP contribution in [0.15, 0.2) is 18.2 Å². The Kier molecular flexibility index (Phi) is 5.68. The number of benzene rings is 1. The molecule has 1 aliphatic rings. The molecule has 1 N–H and O–H groups in total. The zero-order chi connectivity index (χ0) is 17.0. The van der Waals surface area contributed by atoms with E-state index in [2.05, 4.69) is 0 Å². The van der Waals surface area contributed by atoms with Gasteiger partial charge in [0.1, 0.15) is 5.82 Å². The van der Waals surface area contributed by atoms with E-state index >= 15 is 0 Å². The number of hydrogen-bond acceptors (Lipinski definition) is 4. The van der Waals surface area contributed by atoms with Gasteiger partial charge >= 0.3 is 5.97 Å². The number of morpholine rings is 1. The first-order valence-corrected chi connectivity index (χ1v) is 7.43. The van der Waals surface area contributed by atoms with Gasteiger partial charge in [-0.1, -0.05) is 0 Å². The number of carbonyl (C=O) groups excluding carboxylic acids is 1. The molecule has 0 bridgehead atoms. The zero-order valence-electron chi connectivity index (χ0n) is 13.3. The number of hydrogen-bond donors (Lipinski definition) is 1. The zero-order valence-corrected chi connectivity index (χ0v) is 13.3. The molecule has 0 radical (unpaired) electrons. The van der Waals surface area contributed by atoms with Gasteiger partial charge in [-0.3, -0.25) is 14.5 Å². The largest absolute Gasteiger partial charge is 0.480 e. The van der Waals surface area contributed by atoms with E-state index in [9.17, 15) is 14.0 Å². The third kappa shape index (κ3) is 5.01. The number of rotatable bonds is 5. The maximum atomic E-state index is 13.5. The van der Waals surface area contributed by atoms with Gasteiger partial charge in [0.15, 0.2) is 0 Å². The van der Waals surface area contributed by atoms with E-state index in [4.69, 9.17) is 9.84 Å². The first kappa shape index (κ1) is 17.4. The van der Waals surface area contributed by atoms with Crippen molar-refractivity contribution >= 4 is 11.9 Å². The fourth-order valence-electron chi connectivity index (χ4n) is 2.70. The van der Waals surface area contributed by atoms with Crippen LogP contribution in [-0.2, 0) is 9.53 Å². The van der Waals surface area contributed by atoms with Crippen LogP contribution in [0.3, 0.4) is 0 Å². The van der Waals surface area contributed by atoms with Crippen LogP contribution in [0.5, 0.6) is 0 Å². The molecule has 1 atom stereocenters. The Morgan fingerprint density at radius 2 is 2.17 bits per heavy atom. The molecule has 0 spiro atoms. The van der Waals surface area contributed by atoms with E-state index in [0.29, 0.717) is 37.4 Å². The lowest BCUT2D eigenvalue weighted by Gasteiger charge is -2.34. The molecule has 1 fully saturated rings. The Morgan fingerprint density at radius 1 is 1.43 bits per heavy atom. The van der Waals surface area contributed by atoms with Crippen LogP contribution in [0, 0.1) is 12.7 Å². The van der Waals surface area contributed by atoms with E-state index in [1.54, 1.807) is 29.8 Å². The van der Waals surface area contributed by atoms with Crippen LogP contribution < -0.4 is 0 Å². The van der Waals surface area contributed by atoms with Crippen LogP contribution in [0.25, 0.3) is 0 Å². The summed E-state index contributed by atoms with van der Waals surface area (Å²) in [7, 11) is 1.69. The van der Waals surface area contributed by atoms with Gasteiger partial charge < -0.3 is 14.7 Å². The Balaban J connectivity index is 2.00. The van der Waals surface area contributed by atoms with Crippen LogP contribution in [-0.4, -0.2) is 72.7 Å². The van der Waals surface area contributed by atoms with Gasteiger partial charge in [-0.25, -0.2) is 4.39 Å². The summed E-state index contributed by atoms with van der Waals surface area (Å²) in [6.07, 6.45) is -0.258. The number of aliphatic carboxylic acids is 1. The van der Waals surface area contributed by atoms with Crippen molar-refractivity contribution in [3.63, 3.8) is 0 Å². The highest BCUT2D eigenvalue weighted by molar-refractivity contribution is 5.94. The van der Waals surface area contributed by atoms with Crippen LogP contribution in [0.1, 0.15) is 15.9 Å². The molecule has 1 amide bonds. The number of carboxylic acids is 1. The van der Waals surface area contributed by atoms with Gasteiger partial charge in [-0.05, 0) is 37.7 Å². The van der Waals surface area contributed by atoms with Crippen molar-refractivity contribution in [2.24, 2.45) is 0 Å². The minimum absolute atomic E-state index is 0.0864. The summed E-state index contributed by atoms with van der Waals surface area (Å²) in [6, 6.07) is 4.27. The second-order valence-electron chi connectivity index (χ2n) is 5.85. The molecule has 23 heavy (non-hydrogen) atoms. The van der Waals surface area contributed by atoms with Crippen molar-refractivity contribution in [2.45, 2.75) is 13.0 Å². The summed E-state index contributed by atoms with van der Waals surface area (Å²) in [5.41, 5.74) is 1.02. The maximum absolute atomic E-state index is 13.5. The fourth-order valence-corrected chi connectivity index (χ4v) is 2.70. The Morgan fingerprint density at radius 3 is 2.83 bits per heavy atom. The van der Waals surface area contributed by atoms with Gasteiger partial charge in [0.2, 0.25) is 0 Å². The summed E-state index contributed by atoms with van der Waals surface area (Å²) in [5.74, 6) is -1.58. The highest BCUT2D eigenvalue weighted by atomic mass is 19.1. The third-order valence-electron chi connectivity index (χ3n) is 3.64. The molecule has 2 rings (SSSR count). The van der Waals surface area contributed by atoms with E-state index in [-0.39, 0.29) is 18.6 Å². The van der Waals surface area contributed by atoms with Crippen molar-refractivity contribution in [3.05, 3.63) is 35.1 Å². The number of amides is 1. The quantitative estimate of drug-likeness (QED) is 0.875. The number of aryl methyl sites for hydroxylation is 1. The third-order valence-corrected chi connectivity index (χ3v) is 3.64. The molecule has 1 aromatic carbocycles. The number of ether oxygens (including phenoxy) is 1. The minimum Gasteiger partial charge on any atom is -0.480 e. The molecule has 1 saturated heterocycles. The highest BCUT2D eigenvalue weighted by Gasteiger charge is 2.26. The van der Waals surface area contributed by atoms with Crippen molar-refractivity contribution in [2.75, 3.05) is 39.8 Å². The average molecular weight is 324 g/mol. The Hall–Kier alpha value is -1.99. The van der Waals surface area contributed by atoms with Crippen LogP contribution in [0.2, 0.25) is 0 Å². The minimum atomic E-state index is -0.911. The monoisotopic (exact) mass is 324 g/mol. The standard InChI is InChI=1S/C16H21FN2O4/c1-11-5-12(7-13(17)6-11)16(22)19-3-4-23-14(9-19)8-18(2)10-15(20)21/h5-7,14H,3-4,8-10H2,1-2H3,(H,20,21). The van der Waals surface area contributed by atoms with Gasteiger partial charge in [0.05, 0.1) is 19.3 Å². The second-order valence-corrected chi connectivity index (χ2v) is 5.85. The van der Waals surface area contributed by atoms with Gasteiger partial charge in [-0.2, -0.15) is 0 Å². The van der Waals surface area contributed by atoms with Gasteiger partial charge in [-0.15, -0.1) is 0 Å². The molecule has 0 aromatic heterocycles. The van der Waals surface area contributed by atoms with Gasteiger partial charge in [0.25, 0.3) is 5.91 Å². The average Bonchev–Trinajstić information content (AvgIpc) is 2.44. The predicted molar refractivity (Wildman–Crippen MR) is 81.9 cm³/mol. The lowest BCUT2D eigenvalue weighted by molar-refractivity contribution is -0.138. The van der Waals surface area contributed by atoms with Crippen molar-refractivity contribution < 1.29 is 23.8 Å². The van der Waals surface area contributed by atoms with E-state index in [0.717, 1.165) is 0 Å². The smallest absolute Gasteiger partial charge is 0.317 e. The van der Waals surface area contributed by atoms with E-state index < -0.39 is 11.8 Å². The lowest BCUT2D eigenvalue weighted by atomic mass is 10.1. The topological polar surface area (TPSA) is 70.1 Å². The number of likely N-dealkylation sites (N-methyl/N-ethyl adjacent to an activating group) is 1. The van der Waals surface area contributed by atoms with Crippen molar-refractivity contribution in [1.82, 2.24) is 9.80 Å². The first-order valence-electron chi connectivity index (χ1n) is 7.43. The fraction of sp³-hybridized carbons (Fsp3) is 0.500. The molecule has 1 unspecified atom stereocenters. The van der Waals surface area contributed by atoms with Crippen molar-refractivity contribution in [1.29, 1.82) is 0 Å². The number of halogens is 1. The molecule has 1 aromatic rings. The molecule has 0 aliphatic carbocycles. The molecular formula is C16H21FN2O4. The van der Waals surface area contributed by atoms with E-state index in [1.165, 1.54) is 12.1 Å². The summed E-state index contributed by atoms with van der Waals surface area (Å²) in [5, 5.41) is 8.77. The lowest BCUT2D eigenvalue weighted by Crippen LogP contribution is -2.49. The molecule has 6 nitrogen and oxygen atoms in total. The normalized spacial score (nSPS) is 18.3. The molecular weight excluding hydrogens is 303 g/mol. The first-order chi connectivity index (χ1) is 10.8. The molecule has 1 aliphatic heterocycles. The summed E-state index contributed by atoms with van der Waals surface area (Å²) >= 11 is 0. The predicted octanol–water partition coefficient (Wildman–Crippen LogP) is 0.992. The van der Waals surface area contributed by atoms with Crippen LogP contribution in [0.4, 0.5) is 4.39 Å². The van der Waals surface area contributed by atoms with E-state index in [1.807, 2.05) is 0 Å². The molecule has 0 saturated carbocycles. The van der Waals surface area contributed by atoms with Crippen molar-refractivity contribution in [3.8, 4) is 0 Å². The summed E-state index contributed by atoms with van der Waals surface area (Å²) in [6.45, 7) is 3.25. The molecule has 7 heteroatoms. The number of carbonyl (C=O) groups is 2. The Bertz CT molecular complexity index is 573. The molecule has 1 heterocycles. The Labute approximate surface area is 134 Å². The van der Waals surface area contributed by atoms with Crippen LogP contribution >= 0.6 is 0 Å².